The van der Waals surface area contributed by atoms with Crippen LogP contribution < -0.4 is 0 Å². The number of ether oxygens (including phenoxy) is 1. The van der Waals surface area contributed by atoms with Crippen molar-refractivity contribution >= 4 is 35.0 Å². The Morgan fingerprint density at radius 1 is 1.25 bits per heavy atom. The van der Waals surface area contributed by atoms with Gasteiger partial charge in [0, 0.05) is 41.8 Å². The van der Waals surface area contributed by atoms with E-state index in [1.807, 2.05) is 10.8 Å². The van der Waals surface area contributed by atoms with Gasteiger partial charge in [-0.3, -0.25) is 9.59 Å². The summed E-state index contributed by atoms with van der Waals surface area (Å²) in [5.74, 6) is -2.41. The fourth-order valence-corrected chi connectivity index (χ4v) is 4.82. The van der Waals surface area contributed by atoms with Gasteiger partial charge in [-0.15, -0.1) is 0 Å². The molecule has 0 spiro atoms. The summed E-state index contributed by atoms with van der Waals surface area (Å²) in [6.07, 6.45) is 5.74. The molecule has 4 rings (SSSR count). The van der Waals surface area contributed by atoms with Crippen LogP contribution in [0.1, 0.15) is 52.3 Å². The number of Topliss-reactive ketones (excluding diaryl/α,β-unsaturated/α-hetero) is 1. The van der Waals surface area contributed by atoms with E-state index in [4.69, 9.17) is 16.3 Å². The van der Waals surface area contributed by atoms with Crippen LogP contribution >= 0.6 is 11.6 Å². The molecule has 2 aromatic heterocycles. The Hall–Kier alpha value is -3.85. The minimum atomic E-state index is -0.841. The van der Waals surface area contributed by atoms with E-state index in [2.05, 4.69) is 9.97 Å². The van der Waals surface area contributed by atoms with E-state index < -0.39 is 23.7 Å². The zero-order chi connectivity index (χ0) is 26.0. The van der Waals surface area contributed by atoms with E-state index in [0.29, 0.717) is 40.4 Å². The summed E-state index contributed by atoms with van der Waals surface area (Å²) in [5.41, 5.74) is 1.93. The molecule has 0 saturated carbocycles. The third kappa shape index (κ3) is 4.66. The fraction of sp³-hybridized carbons (Fsp3) is 0.308. The number of amides is 1. The number of hydrogen-bond acceptors (Lipinski definition) is 6. The molecule has 9 nitrogen and oxygen atoms in total. The summed E-state index contributed by atoms with van der Waals surface area (Å²) in [6.45, 7) is 6.10. The summed E-state index contributed by atoms with van der Waals surface area (Å²) < 4.78 is 6.98. The zero-order valence-electron chi connectivity index (χ0n) is 20.2. The number of esters is 1. The van der Waals surface area contributed by atoms with Gasteiger partial charge in [-0.1, -0.05) is 23.7 Å². The molecule has 0 radical (unpaired) electrons. The zero-order valence-corrected chi connectivity index (χ0v) is 21.0. The number of aryl methyl sites for hydroxylation is 2. The Kier molecular flexibility index (Phi) is 7.30. The maximum absolute atomic E-state index is 13.3. The number of hydrogen-bond donors (Lipinski definition) is 2. The van der Waals surface area contributed by atoms with Crippen molar-refractivity contribution in [3.63, 3.8) is 0 Å². The molecule has 3 heterocycles. The smallest absolute Gasteiger partial charge is 0.355 e. The molecular weight excluding hydrogens is 484 g/mol. The van der Waals surface area contributed by atoms with Gasteiger partial charge in [0.05, 0.1) is 24.5 Å². The predicted octanol–water partition coefficient (Wildman–Crippen LogP) is 4.17. The number of benzene rings is 1. The van der Waals surface area contributed by atoms with Crippen LogP contribution in [0.2, 0.25) is 5.02 Å². The summed E-state index contributed by atoms with van der Waals surface area (Å²) in [6, 6.07) is 6.03. The molecule has 2 N–H and O–H groups in total. The molecule has 1 atom stereocenters. The number of carbonyl (C=O) groups is 3. The number of halogens is 1. The Bertz CT molecular complexity index is 1340. The second-order valence-electron chi connectivity index (χ2n) is 8.55. The maximum Gasteiger partial charge on any atom is 0.355 e. The number of aromatic nitrogens is 3. The lowest BCUT2D eigenvalue weighted by Crippen LogP contribution is -2.31. The monoisotopic (exact) mass is 510 g/mol. The molecule has 1 unspecified atom stereocenters. The van der Waals surface area contributed by atoms with Crippen molar-refractivity contribution in [3.8, 4) is 0 Å². The standard InChI is InChI=1S/C26H27ClN4O5/c1-4-36-26(35)21-15(2)19(16(3)29-21)23(32)20-22(17-7-5-8-18(27)13-17)31(25(34)24(20)33)11-6-10-30-12-9-28-14-30/h5,7-9,12-14,22,29,32H,4,6,10-11H2,1-3H3/b23-20+. The lowest BCUT2D eigenvalue weighted by Gasteiger charge is -2.25. The normalized spacial score (nSPS) is 17.1. The van der Waals surface area contributed by atoms with Gasteiger partial charge in [0.1, 0.15) is 11.5 Å². The van der Waals surface area contributed by atoms with Crippen LogP contribution in [-0.2, 0) is 20.9 Å². The topological polar surface area (TPSA) is 118 Å². The number of aliphatic hydroxyl groups is 1. The summed E-state index contributed by atoms with van der Waals surface area (Å²) in [5, 5.41) is 11.9. The summed E-state index contributed by atoms with van der Waals surface area (Å²) >= 11 is 6.24. The molecule has 1 aromatic carbocycles. The predicted molar refractivity (Wildman–Crippen MR) is 134 cm³/mol. The Morgan fingerprint density at radius 2 is 2.03 bits per heavy atom. The van der Waals surface area contributed by atoms with Crippen LogP contribution in [0.25, 0.3) is 5.76 Å². The molecule has 3 aromatic rings. The number of ketones is 1. The SMILES string of the molecule is CCOC(=O)c1[nH]c(C)c(/C(O)=C2\C(=O)C(=O)N(CCCn3ccnc3)C2c2cccc(Cl)c2)c1C. The number of rotatable bonds is 8. The van der Waals surface area contributed by atoms with Gasteiger partial charge in [-0.2, -0.15) is 0 Å². The number of aliphatic hydroxyl groups excluding tert-OH is 1. The molecule has 36 heavy (non-hydrogen) atoms. The minimum absolute atomic E-state index is 0.0505. The highest BCUT2D eigenvalue weighted by atomic mass is 35.5. The van der Waals surface area contributed by atoms with E-state index in [-0.39, 0.29) is 30.2 Å². The van der Waals surface area contributed by atoms with E-state index in [9.17, 15) is 19.5 Å². The van der Waals surface area contributed by atoms with Crippen molar-refractivity contribution in [2.45, 2.75) is 39.8 Å². The number of nitrogens with zero attached hydrogens (tertiary/aromatic N) is 3. The van der Waals surface area contributed by atoms with Gasteiger partial charge < -0.3 is 24.3 Å². The molecule has 10 heteroatoms. The largest absolute Gasteiger partial charge is 0.507 e. The maximum atomic E-state index is 13.3. The average Bonchev–Trinajstić information content (AvgIpc) is 3.52. The van der Waals surface area contributed by atoms with Crippen molar-refractivity contribution in [1.82, 2.24) is 19.4 Å². The fourth-order valence-electron chi connectivity index (χ4n) is 4.62. The third-order valence-electron chi connectivity index (χ3n) is 6.23. The number of likely N-dealkylation sites (tertiary alicyclic amines) is 1. The minimum Gasteiger partial charge on any atom is -0.507 e. The van der Waals surface area contributed by atoms with Gasteiger partial charge in [0.15, 0.2) is 0 Å². The molecule has 0 bridgehead atoms. The van der Waals surface area contributed by atoms with Crippen molar-refractivity contribution in [1.29, 1.82) is 0 Å². The highest BCUT2D eigenvalue weighted by Crippen LogP contribution is 2.41. The number of aromatic amines is 1. The quantitative estimate of drug-likeness (QED) is 0.203. The van der Waals surface area contributed by atoms with Crippen LogP contribution in [0.5, 0.6) is 0 Å². The van der Waals surface area contributed by atoms with Crippen LogP contribution in [0.4, 0.5) is 0 Å². The molecule has 1 amide bonds. The molecule has 1 aliphatic rings. The van der Waals surface area contributed by atoms with Gasteiger partial charge in [-0.25, -0.2) is 9.78 Å². The van der Waals surface area contributed by atoms with Crippen LogP contribution in [0.3, 0.4) is 0 Å². The molecule has 0 aliphatic carbocycles. The van der Waals surface area contributed by atoms with E-state index in [1.54, 1.807) is 57.6 Å². The molecule has 188 valence electrons. The Morgan fingerprint density at radius 3 is 2.69 bits per heavy atom. The highest BCUT2D eigenvalue weighted by molar-refractivity contribution is 6.46. The lowest BCUT2D eigenvalue weighted by atomic mass is 9.94. The molecular formula is C26H27ClN4O5. The van der Waals surface area contributed by atoms with Gasteiger partial charge in [0.25, 0.3) is 11.7 Å². The van der Waals surface area contributed by atoms with Crippen molar-refractivity contribution in [2.24, 2.45) is 0 Å². The third-order valence-corrected chi connectivity index (χ3v) is 6.47. The molecule has 1 aliphatic heterocycles. The first kappa shape index (κ1) is 25.2. The average molecular weight is 511 g/mol. The van der Waals surface area contributed by atoms with Crippen molar-refractivity contribution in [2.75, 3.05) is 13.2 Å². The number of nitrogens with one attached hydrogen (secondary N) is 1. The highest BCUT2D eigenvalue weighted by Gasteiger charge is 2.46. The Balaban J connectivity index is 1.79. The number of H-pyrrole nitrogens is 1. The first-order valence-corrected chi connectivity index (χ1v) is 12.0. The van der Waals surface area contributed by atoms with Crippen LogP contribution in [0, 0.1) is 13.8 Å². The molecule has 1 saturated heterocycles. The first-order chi connectivity index (χ1) is 17.2. The van der Waals surface area contributed by atoms with E-state index >= 15 is 0 Å². The van der Waals surface area contributed by atoms with Gasteiger partial charge >= 0.3 is 5.97 Å². The first-order valence-electron chi connectivity index (χ1n) is 11.6. The van der Waals surface area contributed by atoms with Crippen molar-refractivity contribution in [3.05, 3.63) is 81.7 Å². The van der Waals surface area contributed by atoms with Crippen LogP contribution in [0.15, 0.2) is 48.6 Å². The second-order valence-corrected chi connectivity index (χ2v) is 8.98. The van der Waals surface area contributed by atoms with E-state index in [0.717, 1.165) is 0 Å². The summed E-state index contributed by atoms with van der Waals surface area (Å²) in [4.78, 5) is 47.3. The van der Waals surface area contributed by atoms with Gasteiger partial charge in [-0.05, 0) is 50.5 Å². The summed E-state index contributed by atoms with van der Waals surface area (Å²) in [7, 11) is 0. The van der Waals surface area contributed by atoms with Crippen LogP contribution in [-0.4, -0.2) is 55.4 Å². The van der Waals surface area contributed by atoms with Crippen molar-refractivity contribution < 1.29 is 24.2 Å². The van der Waals surface area contributed by atoms with E-state index in [1.165, 1.54) is 4.90 Å². The number of imidazole rings is 1. The van der Waals surface area contributed by atoms with Gasteiger partial charge in [0.2, 0.25) is 0 Å². The lowest BCUT2D eigenvalue weighted by molar-refractivity contribution is -0.139. The number of carbonyl (C=O) groups excluding carboxylic acids is 3. The molecule has 1 fully saturated rings. The Labute approximate surface area is 213 Å². The second kappa shape index (κ2) is 10.4.